The zero-order valence-electron chi connectivity index (χ0n) is 8.50. The number of hydrogen-bond acceptors (Lipinski definition) is 2. The molecule has 1 aliphatic rings. The molecule has 1 saturated carbocycles. The summed E-state index contributed by atoms with van der Waals surface area (Å²) >= 11 is 0. The summed E-state index contributed by atoms with van der Waals surface area (Å²) in [5.74, 6) is 0.916. The summed E-state index contributed by atoms with van der Waals surface area (Å²) in [6.45, 7) is 3.94. The fourth-order valence-corrected chi connectivity index (χ4v) is 1.73. The Morgan fingerprint density at radius 1 is 1.23 bits per heavy atom. The summed E-state index contributed by atoms with van der Waals surface area (Å²) in [6, 6.07) is 0. The van der Waals surface area contributed by atoms with E-state index in [-0.39, 0.29) is 12.4 Å². The van der Waals surface area contributed by atoms with E-state index in [1.54, 1.807) is 0 Å². The number of nitrogens with two attached hydrogens (primary N) is 1. The van der Waals surface area contributed by atoms with E-state index in [1.807, 2.05) is 0 Å². The Morgan fingerprint density at radius 3 is 2.38 bits per heavy atom. The Hall–Kier alpha value is 0.210. The standard InChI is InChI=1S/C10H21NO.ClH/c1-9-3-5-10(6-4-9)12-8-2-7-11;/h9-10H,2-8,11H2,1H3;1H. The molecule has 0 saturated heterocycles. The fraction of sp³-hybridized carbons (Fsp3) is 1.00. The Balaban J connectivity index is 0.00000144. The maximum Gasteiger partial charge on any atom is 0.0575 e. The van der Waals surface area contributed by atoms with Crippen LogP contribution in [0.4, 0.5) is 0 Å². The number of halogens is 1. The second-order valence-corrected chi connectivity index (χ2v) is 3.89. The molecule has 13 heavy (non-hydrogen) atoms. The van der Waals surface area contributed by atoms with Gasteiger partial charge in [-0.3, -0.25) is 0 Å². The minimum absolute atomic E-state index is 0. The van der Waals surface area contributed by atoms with Gasteiger partial charge in [0, 0.05) is 6.61 Å². The highest BCUT2D eigenvalue weighted by atomic mass is 35.5. The van der Waals surface area contributed by atoms with Gasteiger partial charge in [-0.05, 0) is 44.6 Å². The highest BCUT2D eigenvalue weighted by Gasteiger charge is 2.17. The van der Waals surface area contributed by atoms with E-state index in [1.165, 1.54) is 25.7 Å². The Kier molecular flexibility index (Phi) is 7.72. The molecule has 2 N–H and O–H groups in total. The second kappa shape index (κ2) is 7.60. The van der Waals surface area contributed by atoms with Gasteiger partial charge in [0.05, 0.1) is 6.10 Å². The monoisotopic (exact) mass is 207 g/mol. The lowest BCUT2D eigenvalue weighted by Gasteiger charge is -2.26. The van der Waals surface area contributed by atoms with Crippen molar-refractivity contribution < 1.29 is 4.74 Å². The predicted octanol–water partition coefficient (Wildman–Crippen LogP) is 2.35. The van der Waals surface area contributed by atoms with E-state index in [0.717, 1.165) is 25.5 Å². The predicted molar refractivity (Wildman–Crippen MR) is 58.3 cm³/mol. The van der Waals surface area contributed by atoms with Gasteiger partial charge in [0.25, 0.3) is 0 Å². The number of hydrogen-bond donors (Lipinski definition) is 1. The van der Waals surface area contributed by atoms with Crippen molar-refractivity contribution in [3.63, 3.8) is 0 Å². The molecular weight excluding hydrogens is 186 g/mol. The first-order valence-corrected chi connectivity index (χ1v) is 5.14. The van der Waals surface area contributed by atoms with Gasteiger partial charge in [-0.15, -0.1) is 12.4 Å². The minimum atomic E-state index is 0. The molecule has 2 nitrogen and oxygen atoms in total. The van der Waals surface area contributed by atoms with Gasteiger partial charge in [0.2, 0.25) is 0 Å². The third-order valence-electron chi connectivity index (χ3n) is 2.66. The lowest BCUT2D eigenvalue weighted by atomic mass is 9.89. The molecule has 0 aliphatic heterocycles. The third-order valence-corrected chi connectivity index (χ3v) is 2.66. The topological polar surface area (TPSA) is 35.2 Å². The molecule has 0 radical (unpaired) electrons. The van der Waals surface area contributed by atoms with Gasteiger partial charge in [0.1, 0.15) is 0 Å². The van der Waals surface area contributed by atoms with Crippen molar-refractivity contribution in [3.05, 3.63) is 0 Å². The van der Waals surface area contributed by atoms with Crippen LogP contribution in [0.2, 0.25) is 0 Å². The zero-order chi connectivity index (χ0) is 8.81. The molecular formula is C10H22ClNO. The molecule has 0 bridgehead atoms. The molecule has 1 fully saturated rings. The van der Waals surface area contributed by atoms with Crippen LogP contribution >= 0.6 is 12.4 Å². The SMILES string of the molecule is CC1CCC(OCCCN)CC1.Cl. The Morgan fingerprint density at radius 2 is 1.85 bits per heavy atom. The zero-order valence-corrected chi connectivity index (χ0v) is 9.31. The van der Waals surface area contributed by atoms with Crippen molar-refractivity contribution in [1.82, 2.24) is 0 Å². The van der Waals surface area contributed by atoms with E-state index in [0.29, 0.717) is 6.10 Å². The summed E-state index contributed by atoms with van der Waals surface area (Å²) in [5.41, 5.74) is 5.39. The highest BCUT2D eigenvalue weighted by Crippen LogP contribution is 2.25. The van der Waals surface area contributed by atoms with Crippen molar-refractivity contribution in [3.8, 4) is 0 Å². The van der Waals surface area contributed by atoms with Crippen LogP contribution in [0.25, 0.3) is 0 Å². The van der Waals surface area contributed by atoms with Gasteiger partial charge in [-0.2, -0.15) is 0 Å². The van der Waals surface area contributed by atoms with Crippen LogP contribution in [0.3, 0.4) is 0 Å². The summed E-state index contributed by atoms with van der Waals surface area (Å²) in [5, 5.41) is 0. The van der Waals surface area contributed by atoms with Crippen molar-refractivity contribution in [1.29, 1.82) is 0 Å². The molecule has 0 spiro atoms. The van der Waals surface area contributed by atoms with Gasteiger partial charge in [0.15, 0.2) is 0 Å². The van der Waals surface area contributed by atoms with Gasteiger partial charge in [-0.1, -0.05) is 6.92 Å². The largest absolute Gasteiger partial charge is 0.378 e. The molecule has 0 amide bonds. The lowest BCUT2D eigenvalue weighted by Crippen LogP contribution is -2.21. The molecule has 0 aromatic carbocycles. The average Bonchev–Trinajstić information content (AvgIpc) is 2.09. The van der Waals surface area contributed by atoms with Gasteiger partial charge < -0.3 is 10.5 Å². The van der Waals surface area contributed by atoms with E-state index in [9.17, 15) is 0 Å². The molecule has 0 unspecified atom stereocenters. The lowest BCUT2D eigenvalue weighted by molar-refractivity contribution is 0.0195. The molecule has 80 valence electrons. The average molecular weight is 208 g/mol. The van der Waals surface area contributed by atoms with Gasteiger partial charge >= 0.3 is 0 Å². The molecule has 0 heterocycles. The first-order chi connectivity index (χ1) is 5.83. The van der Waals surface area contributed by atoms with Crippen LogP contribution in [-0.4, -0.2) is 19.3 Å². The van der Waals surface area contributed by atoms with Crippen LogP contribution in [0.1, 0.15) is 39.0 Å². The summed E-state index contributed by atoms with van der Waals surface area (Å²) in [4.78, 5) is 0. The minimum Gasteiger partial charge on any atom is -0.378 e. The molecule has 1 aliphatic carbocycles. The Bertz CT molecular complexity index is 113. The third kappa shape index (κ3) is 5.50. The van der Waals surface area contributed by atoms with Crippen molar-refractivity contribution in [2.24, 2.45) is 11.7 Å². The molecule has 0 aromatic rings. The molecule has 0 aromatic heterocycles. The number of rotatable bonds is 4. The second-order valence-electron chi connectivity index (χ2n) is 3.89. The van der Waals surface area contributed by atoms with Crippen molar-refractivity contribution in [2.75, 3.05) is 13.2 Å². The number of ether oxygens (including phenoxy) is 1. The Labute approximate surface area is 87.6 Å². The van der Waals surface area contributed by atoms with Crippen molar-refractivity contribution >= 4 is 12.4 Å². The quantitative estimate of drug-likeness (QED) is 0.719. The van der Waals surface area contributed by atoms with E-state index >= 15 is 0 Å². The maximum absolute atomic E-state index is 5.69. The van der Waals surface area contributed by atoms with Crippen LogP contribution < -0.4 is 5.73 Å². The first kappa shape index (κ1) is 13.2. The van der Waals surface area contributed by atoms with Crippen molar-refractivity contribution in [2.45, 2.75) is 45.1 Å². The first-order valence-electron chi connectivity index (χ1n) is 5.14. The fourth-order valence-electron chi connectivity index (χ4n) is 1.73. The summed E-state index contributed by atoms with van der Waals surface area (Å²) in [6.07, 6.45) is 6.73. The molecule has 3 heteroatoms. The van der Waals surface area contributed by atoms with E-state index < -0.39 is 0 Å². The maximum atomic E-state index is 5.69. The summed E-state index contributed by atoms with van der Waals surface area (Å²) in [7, 11) is 0. The van der Waals surface area contributed by atoms with E-state index in [4.69, 9.17) is 10.5 Å². The van der Waals surface area contributed by atoms with Gasteiger partial charge in [-0.25, -0.2) is 0 Å². The molecule has 1 rings (SSSR count). The smallest absolute Gasteiger partial charge is 0.0575 e. The highest BCUT2D eigenvalue weighted by molar-refractivity contribution is 5.85. The van der Waals surface area contributed by atoms with Crippen LogP contribution in [0.5, 0.6) is 0 Å². The van der Waals surface area contributed by atoms with Crippen LogP contribution in [-0.2, 0) is 4.74 Å². The van der Waals surface area contributed by atoms with Crippen LogP contribution in [0, 0.1) is 5.92 Å². The van der Waals surface area contributed by atoms with Crippen LogP contribution in [0.15, 0.2) is 0 Å². The normalized spacial score (nSPS) is 28.2. The molecule has 0 atom stereocenters. The van der Waals surface area contributed by atoms with E-state index in [2.05, 4.69) is 6.92 Å². The summed E-state index contributed by atoms with van der Waals surface area (Å²) < 4.78 is 5.69.